The molecule has 0 saturated carbocycles. The summed E-state index contributed by atoms with van der Waals surface area (Å²) in [5.41, 5.74) is -0.705. The van der Waals surface area contributed by atoms with Crippen LogP contribution in [0.2, 0.25) is 0 Å². The number of carbonyl (C=O) groups excluding carboxylic acids is 3. The third-order valence-corrected chi connectivity index (χ3v) is 5.18. The molecule has 0 aliphatic carbocycles. The fraction of sp³-hybridized carbons (Fsp3) is 0.318. The maximum Gasteiger partial charge on any atom is 0.325 e. The fourth-order valence-corrected chi connectivity index (χ4v) is 3.20. The normalized spacial score (nSPS) is 18.0. The summed E-state index contributed by atoms with van der Waals surface area (Å²) >= 11 is 0. The molecule has 0 radical (unpaired) electrons. The number of likely N-dealkylation sites (N-methyl/N-ethyl adjacent to an activating group) is 1. The number of urea groups is 1. The maximum atomic E-state index is 13.6. The van der Waals surface area contributed by atoms with Gasteiger partial charge >= 0.3 is 6.03 Å². The molecule has 1 fully saturated rings. The van der Waals surface area contributed by atoms with Crippen LogP contribution in [0.1, 0.15) is 12.5 Å². The van der Waals surface area contributed by atoms with E-state index < -0.39 is 35.7 Å². The predicted molar refractivity (Wildman–Crippen MR) is 110 cm³/mol. The van der Waals surface area contributed by atoms with E-state index >= 15 is 0 Å². The van der Waals surface area contributed by atoms with Gasteiger partial charge in [-0.3, -0.25) is 14.5 Å². The summed E-state index contributed by atoms with van der Waals surface area (Å²) in [6.45, 7) is 1.40. The lowest BCUT2D eigenvalue weighted by molar-refractivity contribution is -0.138. The van der Waals surface area contributed by atoms with Crippen molar-refractivity contribution in [3.63, 3.8) is 0 Å². The van der Waals surface area contributed by atoms with Gasteiger partial charge in [-0.05, 0) is 36.8 Å². The Hall–Kier alpha value is -3.62. The molecular weight excluding hydrogens is 405 g/mol. The van der Waals surface area contributed by atoms with Crippen LogP contribution in [0.15, 0.2) is 48.5 Å². The third-order valence-electron chi connectivity index (χ3n) is 5.18. The van der Waals surface area contributed by atoms with Crippen LogP contribution in [-0.2, 0) is 15.1 Å². The average Bonchev–Trinajstić information content (AvgIpc) is 2.98. The van der Waals surface area contributed by atoms with Crippen LogP contribution in [0.4, 0.5) is 9.18 Å². The minimum absolute atomic E-state index is 0.0624. The Labute approximate surface area is 179 Å². The van der Waals surface area contributed by atoms with Crippen molar-refractivity contribution in [3.8, 4) is 11.5 Å². The molecule has 1 unspecified atom stereocenters. The number of benzene rings is 2. The van der Waals surface area contributed by atoms with Gasteiger partial charge in [0, 0.05) is 7.05 Å². The zero-order valence-electron chi connectivity index (χ0n) is 17.6. The topological polar surface area (TPSA) is 88.2 Å². The van der Waals surface area contributed by atoms with Crippen molar-refractivity contribution in [2.75, 3.05) is 33.9 Å². The molecule has 9 heteroatoms. The molecule has 0 spiro atoms. The first-order valence-corrected chi connectivity index (χ1v) is 9.66. The van der Waals surface area contributed by atoms with Crippen molar-refractivity contribution >= 4 is 17.8 Å². The van der Waals surface area contributed by atoms with Crippen molar-refractivity contribution in [1.29, 1.82) is 0 Å². The van der Waals surface area contributed by atoms with E-state index in [1.807, 2.05) is 0 Å². The number of rotatable bonds is 8. The van der Waals surface area contributed by atoms with Gasteiger partial charge in [-0.1, -0.05) is 24.3 Å². The summed E-state index contributed by atoms with van der Waals surface area (Å²) in [6.07, 6.45) is 0. The van der Waals surface area contributed by atoms with Gasteiger partial charge in [0.15, 0.2) is 11.6 Å². The number of carbonyl (C=O) groups is 3. The number of amides is 4. The molecule has 1 atom stereocenters. The molecule has 164 valence electrons. The maximum absolute atomic E-state index is 13.6. The number of methoxy groups -OCH3 is 1. The molecule has 31 heavy (non-hydrogen) atoms. The lowest BCUT2D eigenvalue weighted by Crippen LogP contribution is -2.44. The van der Waals surface area contributed by atoms with Crippen LogP contribution in [0, 0.1) is 5.82 Å². The number of para-hydroxylation sites is 1. The van der Waals surface area contributed by atoms with Gasteiger partial charge in [0.1, 0.15) is 24.4 Å². The minimum Gasteiger partial charge on any atom is -0.497 e. The molecule has 0 aromatic heterocycles. The quantitative estimate of drug-likeness (QED) is 0.650. The van der Waals surface area contributed by atoms with E-state index in [0.717, 1.165) is 4.90 Å². The number of ether oxygens (including phenoxy) is 2. The molecule has 3 rings (SSSR count). The molecule has 2 aromatic rings. The molecular formula is C22H24FN3O5. The Bertz CT molecular complexity index is 981. The van der Waals surface area contributed by atoms with Gasteiger partial charge in [-0.15, -0.1) is 0 Å². The Morgan fingerprint density at radius 3 is 2.48 bits per heavy atom. The largest absolute Gasteiger partial charge is 0.497 e. The lowest BCUT2D eigenvalue weighted by Gasteiger charge is -2.23. The zero-order valence-corrected chi connectivity index (χ0v) is 17.6. The van der Waals surface area contributed by atoms with Crippen LogP contribution in [0.5, 0.6) is 11.5 Å². The van der Waals surface area contributed by atoms with Gasteiger partial charge in [0.25, 0.3) is 5.91 Å². The highest BCUT2D eigenvalue weighted by atomic mass is 19.1. The summed E-state index contributed by atoms with van der Waals surface area (Å²) in [6, 6.07) is 12.1. The van der Waals surface area contributed by atoms with E-state index in [4.69, 9.17) is 9.47 Å². The third kappa shape index (κ3) is 4.60. The molecule has 1 aliphatic heterocycles. The first kappa shape index (κ1) is 22.1. The van der Waals surface area contributed by atoms with E-state index in [1.54, 1.807) is 43.3 Å². The number of nitrogens with one attached hydrogen (secondary N) is 1. The number of hydrogen-bond donors (Lipinski definition) is 1. The van der Waals surface area contributed by atoms with Crippen LogP contribution in [0.3, 0.4) is 0 Å². The molecule has 1 N–H and O–H groups in total. The summed E-state index contributed by atoms with van der Waals surface area (Å²) in [5.74, 6) is -0.747. The highest BCUT2D eigenvalue weighted by Crippen LogP contribution is 2.30. The highest BCUT2D eigenvalue weighted by Gasteiger charge is 2.49. The first-order chi connectivity index (χ1) is 14.8. The second kappa shape index (κ2) is 9.03. The number of halogens is 1. The lowest BCUT2D eigenvalue weighted by atomic mass is 9.92. The second-order valence-electron chi connectivity index (χ2n) is 7.27. The number of nitrogens with zero attached hydrogens (tertiary/aromatic N) is 2. The van der Waals surface area contributed by atoms with E-state index in [0.29, 0.717) is 11.3 Å². The van der Waals surface area contributed by atoms with Gasteiger partial charge < -0.3 is 19.7 Å². The van der Waals surface area contributed by atoms with Crippen LogP contribution in [0.25, 0.3) is 0 Å². The average molecular weight is 429 g/mol. The molecule has 8 nitrogen and oxygen atoms in total. The van der Waals surface area contributed by atoms with E-state index in [2.05, 4.69) is 5.32 Å². The Kier molecular flexibility index (Phi) is 6.43. The number of hydrogen-bond acceptors (Lipinski definition) is 5. The number of imide groups is 1. The zero-order chi connectivity index (χ0) is 22.6. The molecule has 1 saturated heterocycles. The molecule has 0 bridgehead atoms. The monoisotopic (exact) mass is 429 g/mol. The van der Waals surface area contributed by atoms with Crippen LogP contribution >= 0.6 is 0 Å². The van der Waals surface area contributed by atoms with Gasteiger partial charge in [-0.25, -0.2) is 9.18 Å². The minimum atomic E-state index is -1.28. The van der Waals surface area contributed by atoms with Crippen molar-refractivity contribution in [2.24, 2.45) is 0 Å². The molecule has 4 amide bonds. The SMILES string of the molecule is COc1ccc(C2(C)NC(=O)N(CC(=O)N(C)CCOc3ccccc3F)C2=O)cc1. The Morgan fingerprint density at radius 1 is 1.16 bits per heavy atom. The Morgan fingerprint density at radius 2 is 1.84 bits per heavy atom. The summed E-state index contributed by atoms with van der Waals surface area (Å²) in [4.78, 5) is 40.1. The van der Waals surface area contributed by atoms with E-state index in [-0.39, 0.29) is 18.9 Å². The fourth-order valence-electron chi connectivity index (χ4n) is 3.20. The predicted octanol–water partition coefficient (Wildman–Crippen LogP) is 2.14. The summed E-state index contributed by atoms with van der Waals surface area (Å²) in [7, 11) is 3.05. The smallest absolute Gasteiger partial charge is 0.325 e. The molecule has 1 heterocycles. The van der Waals surface area contributed by atoms with Crippen molar-refractivity contribution < 1.29 is 28.2 Å². The second-order valence-corrected chi connectivity index (χ2v) is 7.27. The van der Waals surface area contributed by atoms with Gasteiger partial charge in [-0.2, -0.15) is 0 Å². The van der Waals surface area contributed by atoms with Crippen LogP contribution in [-0.4, -0.2) is 61.5 Å². The highest BCUT2D eigenvalue weighted by molar-refractivity contribution is 6.09. The Balaban J connectivity index is 1.59. The van der Waals surface area contributed by atoms with Gasteiger partial charge in [0.2, 0.25) is 5.91 Å². The summed E-state index contributed by atoms with van der Waals surface area (Å²) < 4.78 is 24.0. The van der Waals surface area contributed by atoms with Crippen molar-refractivity contribution in [1.82, 2.24) is 15.1 Å². The summed E-state index contributed by atoms with van der Waals surface area (Å²) in [5, 5.41) is 2.66. The van der Waals surface area contributed by atoms with E-state index in [1.165, 1.54) is 31.2 Å². The molecule has 1 aliphatic rings. The van der Waals surface area contributed by atoms with E-state index in [9.17, 15) is 18.8 Å². The van der Waals surface area contributed by atoms with Gasteiger partial charge in [0.05, 0.1) is 13.7 Å². The van der Waals surface area contributed by atoms with Crippen molar-refractivity contribution in [2.45, 2.75) is 12.5 Å². The van der Waals surface area contributed by atoms with Crippen molar-refractivity contribution in [3.05, 3.63) is 59.9 Å². The standard InChI is InChI=1S/C22H24FN3O5/c1-22(15-8-10-16(30-3)11-9-15)20(28)26(21(29)24-22)14-19(27)25(2)12-13-31-18-7-5-4-6-17(18)23/h4-11H,12-14H2,1-3H3,(H,24,29). The molecule has 2 aromatic carbocycles. The first-order valence-electron chi connectivity index (χ1n) is 9.66. The van der Waals surface area contributed by atoms with Crippen LogP contribution < -0.4 is 14.8 Å².